The van der Waals surface area contributed by atoms with Crippen LogP contribution in [0.1, 0.15) is 152 Å². The average molecular weight is 559 g/mol. The Morgan fingerprint density at radius 2 is 0.600 bits per heavy atom. The van der Waals surface area contributed by atoms with E-state index in [1.165, 1.54) is 27.8 Å². The van der Waals surface area contributed by atoms with Gasteiger partial charge in [0.25, 0.3) is 0 Å². The fourth-order valence-electron chi connectivity index (χ4n) is 5.19. The zero-order chi connectivity index (χ0) is 30.8. The molecule has 0 heterocycles. The largest absolute Gasteiger partial charge is 0.0776 e. The van der Waals surface area contributed by atoms with Gasteiger partial charge < -0.3 is 0 Å². The van der Waals surface area contributed by atoms with Crippen LogP contribution < -0.4 is 5.19 Å². The van der Waals surface area contributed by atoms with Gasteiger partial charge in [0.1, 0.15) is 0 Å². The standard InChI is InChI=1S/C15H26Si.2C12H18/c1-11(2)14-9-8-13(16(5,6)7)10-15(14)12(3)4;2*1-9(2)11-7-5-6-8-12(11)10(3)4/h8-12H,1-7H3;2*5-10H,1-4H3. The zero-order valence-corrected chi connectivity index (χ0v) is 29.8. The molecule has 0 amide bonds. The Balaban J connectivity index is 0.000000305. The Hall–Kier alpha value is -2.12. The van der Waals surface area contributed by atoms with Gasteiger partial charge >= 0.3 is 0 Å². The fraction of sp³-hybridized carbons (Fsp3) is 0.538. The first-order valence-corrected chi connectivity index (χ1v) is 19.3. The minimum atomic E-state index is -1.17. The summed E-state index contributed by atoms with van der Waals surface area (Å²) in [5.74, 6) is 3.83. The quantitative estimate of drug-likeness (QED) is 0.253. The van der Waals surface area contributed by atoms with Crippen LogP contribution in [0.25, 0.3) is 0 Å². The van der Waals surface area contributed by atoms with E-state index >= 15 is 0 Å². The number of benzene rings is 3. The maximum Gasteiger partial charge on any atom is 0.0776 e. The average Bonchev–Trinajstić information content (AvgIpc) is 2.88. The molecule has 3 rings (SSSR count). The molecule has 0 atom stereocenters. The smallest absolute Gasteiger partial charge is 0.0656 e. The highest BCUT2D eigenvalue weighted by Gasteiger charge is 2.19. The van der Waals surface area contributed by atoms with Crippen molar-refractivity contribution in [2.45, 2.75) is 138 Å². The zero-order valence-electron chi connectivity index (χ0n) is 28.8. The lowest BCUT2D eigenvalue weighted by Gasteiger charge is -2.22. The Bertz CT molecular complexity index is 1030. The van der Waals surface area contributed by atoms with E-state index in [2.05, 4.69) is 169 Å². The van der Waals surface area contributed by atoms with Gasteiger partial charge in [0.15, 0.2) is 0 Å². The molecule has 40 heavy (non-hydrogen) atoms. The van der Waals surface area contributed by atoms with Crippen LogP contribution in [0.2, 0.25) is 19.6 Å². The molecule has 0 saturated carbocycles. The van der Waals surface area contributed by atoms with E-state index < -0.39 is 8.07 Å². The number of hydrogen-bond acceptors (Lipinski definition) is 0. The molecule has 0 aliphatic heterocycles. The van der Waals surface area contributed by atoms with Crippen molar-refractivity contribution in [3.63, 3.8) is 0 Å². The van der Waals surface area contributed by atoms with E-state index in [0.29, 0.717) is 35.5 Å². The summed E-state index contributed by atoms with van der Waals surface area (Å²) in [5.41, 5.74) is 9.05. The van der Waals surface area contributed by atoms with E-state index in [1.807, 2.05) is 0 Å². The topological polar surface area (TPSA) is 0 Å². The highest BCUT2D eigenvalue weighted by molar-refractivity contribution is 6.88. The molecule has 3 aromatic rings. The van der Waals surface area contributed by atoms with Gasteiger partial charge in [0.05, 0.1) is 8.07 Å². The molecule has 0 unspecified atom stereocenters. The summed E-state index contributed by atoms with van der Waals surface area (Å²) in [6, 6.07) is 24.6. The maximum atomic E-state index is 2.46. The molecule has 0 fully saturated rings. The van der Waals surface area contributed by atoms with Gasteiger partial charge in [-0.15, -0.1) is 0 Å². The van der Waals surface area contributed by atoms with Crippen molar-refractivity contribution in [2.24, 2.45) is 0 Å². The highest BCUT2D eigenvalue weighted by atomic mass is 28.3. The molecule has 0 aliphatic rings. The lowest BCUT2D eigenvalue weighted by Crippen LogP contribution is -2.38. The molecule has 0 bridgehead atoms. The molecule has 0 saturated heterocycles. The van der Waals surface area contributed by atoms with Gasteiger partial charge in [-0.2, -0.15) is 0 Å². The predicted molar refractivity (Wildman–Crippen MR) is 187 cm³/mol. The first kappa shape index (κ1) is 35.9. The van der Waals surface area contributed by atoms with Crippen LogP contribution in [0.15, 0.2) is 66.7 Å². The fourth-order valence-corrected chi connectivity index (χ4v) is 6.36. The van der Waals surface area contributed by atoms with Crippen LogP contribution in [0.3, 0.4) is 0 Å². The third-order valence-corrected chi connectivity index (χ3v) is 9.72. The SMILES string of the molecule is CC(C)c1ccc([Si](C)(C)C)cc1C(C)C.CC(C)c1ccccc1C(C)C.CC(C)c1ccccc1C(C)C. The number of hydrogen-bond donors (Lipinski definition) is 0. The molecule has 3 aromatic carbocycles. The lowest BCUT2D eigenvalue weighted by atomic mass is 9.91. The first-order valence-electron chi connectivity index (χ1n) is 15.8. The van der Waals surface area contributed by atoms with Crippen LogP contribution in [0, 0.1) is 0 Å². The summed E-state index contributed by atoms with van der Waals surface area (Å²) < 4.78 is 0. The molecular weight excluding hydrogens is 497 g/mol. The molecule has 0 aliphatic carbocycles. The summed E-state index contributed by atoms with van der Waals surface area (Å²) >= 11 is 0. The molecule has 222 valence electrons. The normalized spacial score (nSPS) is 11.7. The molecule has 0 radical (unpaired) electrons. The summed E-state index contributed by atoms with van der Waals surface area (Å²) in [5, 5.41) is 1.58. The lowest BCUT2D eigenvalue weighted by molar-refractivity contribution is 0.790. The van der Waals surface area contributed by atoms with Crippen molar-refractivity contribution in [1.29, 1.82) is 0 Å². The predicted octanol–water partition coefficient (Wildman–Crippen LogP) is 12.3. The van der Waals surface area contributed by atoms with Crippen LogP contribution in [-0.2, 0) is 0 Å². The maximum absolute atomic E-state index is 2.46. The van der Waals surface area contributed by atoms with Crippen molar-refractivity contribution < 1.29 is 0 Å². The Morgan fingerprint density at radius 1 is 0.350 bits per heavy atom. The van der Waals surface area contributed by atoms with E-state index in [-0.39, 0.29) is 0 Å². The highest BCUT2D eigenvalue weighted by Crippen LogP contribution is 2.27. The molecule has 1 heteroatoms. The van der Waals surface area contributed by atoms with Crippen LogP contribution in [0.4, 0.5) is 0 Å². The monoisotopic (exact) mass is 558 g/mol. The van der Waals surface area contributed by atoms with Gasteiger partial charge in [-0.05, 0) is 68.9 Å². The Kier molecular flexibility index (Phi) is 14.7. The third kappa shape index (κ3) is 11.0. The minimum Gasteiger partial charge on any atom is -0.0656 e. The molecule has 0 spiro atoms. The second-order valence-corrected chi connectivity index (χ2v) is 19.4. The van der Waals surface area contributed by atoms with Crippen LogP contribution >= 0.6 is 0 Å². The van der Waals surface area contributed by atoms with Gasteiger partial charge in [-0.1, -0.05) is 175 Å². The van der Waals surface area contributed by atoms with E-state index in [0.717, 1.165) is 0 Å². The van der Waals surface area contributed by atoms with Crippen LogP contribution in [-0.4, -0.2) is 8.07 Å². The van der Waals surface area contributed by atoms with Crippen molar-refractivity contribution in [2.75, 3.05) is 0 Å². The molecule has 0 N–H and O–H groups in total. The Labute approximate surface area is 251 Å². The minimum absolute atomic E-state index is 0.632. The van der Waals surface area contributed by atoms with Gasteiger partial charge in [-0.25, -0.2) is 0 Å². The summed E-state index contributed by atoms with van der Waals surface area (Å²) in [6.07, 6.45) is 0. The van der Waals surface area contributed by atoms with Crippen molar-refractivity contribution in [3.05, 3.63) is 100 Å². The van der Waals surface area contributed by atoms with Gasteiger partial charge in [0, 0.05) is 0 Å². The summed E-state index contributed by atoms with van der Waals surface area (Å²) in [4.78, 5) is 0. The van der Waals surface area contributed by atoms with Gasteiger partial charge in [0.2, 0.25) is 0 Å². The second-order valence-electron chi connectivity index (χ2n) is 14.3. The summed E-state index contributed by atoms with van der Waals surface area (Å²) in [7, 11) is -1.17. The van der Waals surface area contributed by atoms with E-state index in [9.17, 15) is 0 Å². The van der Waals surface area contributed by atoms with Crippen LogP contribution in [0.5, 0.6) is 0 Å². The van der Waals surface area contributed by atoms with E-state index in [4.69, 9.17) is 0 Å². The van der Waals surface area contributed by atoms with E-state index in [1.54, 1.807) is 10.8 Å². The van der Waals surface area contributed by atoms with Gasteiger partial charge in [-0.3, -0.25) is 0 Å². The van der Waals surface area contributed by atoms with Crippen molar-refractivity contribution in [3.8, 4) is 0 Å². The molecule has 0 nitrogen and oxygen atoms in total. The number of rotatable bonds is 7. The Morgan fingerprint density at radius 3 is 0.825 bits per heavy atom. The molecule has 0 aromatic heterocycles. The summed E-state index contributed by atoms with van der Waals surface area (Å²) in [6.45, 7) is 34.4. The molecular formula is C39H62Si. The van der Waals surface area contributed by atoms with Crippen molar-refractivity contribution >= 4 is 13.3 Å². The first-order chi connectivity index (χ1) is 18.5. The second kappa shape index (κ2) is 16.4. The third-order valence-electron chi connectivity index (χ3n) is 7.68. The van der Waals surface area contributed by atoms with Crippen molar-refractivity contribution in [1.82, 2.24) is 0 Å².